The van der Waals surface area contributed by atoms with Gasteiger partial charge in [0, 0.05) is 17.1 Å². The van der Waals surface area contributed by atoms with Crippen molar-refractivity contribution < 1.29 is 13.6 Å². The van der Waals surface area contributed by atoms with Gasteiger partial charge in [-0.2, -0.15) is 0 Å². The van der Waals surface area contributed by atoms with Crippen LogP contribution in [-0.4, -0.2) is 21.3 Å². The Labute approximate surface area is 249 Å². The van der Waals surface area contributed by atoms with E-state index < -0.39 is 7.94 Å². The molecule has 5 heteroatoms. The molecule has 0 bridgehead atoms. The van der Waals surface area contributed by atoms with Gasteiger partial charge in [0.1, 0.15) is 0 Å². The van der Waals surface area contributed by atoms with E-state index in [0.717, 1.165) is 44.6 Å². The second-order valence-electron chi connectivity index (χ2n) is 9.72. The van der Waals surface area contributed by atoms with E-state index in [9.17, 15) is 0 Å². The average molecular weight is 574 g/mol. The Morgan fingerprint density at radius 1 is 0.405 bits per heavy atom. The standard InChI is InChI=1S/C37H36NO3P/c1-39-42(40-2,41-3)37-28-24-33(25-29-37)21-19-31-16-14-30(15-17-31)18-20-32-22-26-36(27-23-32)38(34-10-6-4-7-11-34)35-12-8-5-9-13-35/h4-29,42H,1-3H3/b20-18+,21-19+. The molecule has 5 aromatic carbocycles. The second-order valence-corrected chi connectivity index (χ2v) is 12.6. The number of anilines is 3. The zero-order valence-corrected chi connectivity index (χ0v) is 25.2. The van der Waals surface area contributed by atoms with E-state index >= 15 is 0 Å². The van der Waals surface area contributed by atoms with E-state index in [1.807, 2.05) is 36.4 Å². The maximum atomic E-state index is 5.57. The van der Waals surface area contributed by atoms with Gasteiger partial charge in [0.2, 0.25) is 0 Å². The average Bonchev–Trinajstić information content (AvgIpc) is 3.07. The van der Waals surface area contributed by atoms with Crippen LogP contribution in [-0.2, 0) is 13.6 Å². The third-order valence-corrected chi connectivity index (χ3v) is 9.78. The van der Waals surface area contributed by atoms with Gasteiger partial charge in [-0.3, -0.25) is 0 Å². The van der Waals surface area contributed by atoms with Crippen molar-refractivity contribution in [2.75, 3.05) is 26.2 Å². The molecule has 0 aliphatic heterocycles. The molecule has 0 N–H and O–H groups in total. The predicted octanol–water partition coefficient (Wildman–Crippen LogP) is 9.56. The first-order chi connectivity index (χ1) is 20.6. The molecule has 0 aliphatic carbocycles. The summed E-state index contributed by atoms with van der Waals surface area (Å²) in [4.78, 5) is 2.27. The number of hydrogen-bond donors (Lipinski definition) is 0. The Hall–Kier alpha value is -4.31. The summed E-state index contributed by atoms with van der Waals surface area (Å²) < 4.78 is 16.7. The van der Waals surface area contributed by atoms with Gasteiger partial charge < -0.3 is 4.90 Å². The topological polar surface area (TPSA) is 30.9 Å². The van der Waals surface area contributed by atoms with Crippen LogP contribution in [0.1, 0.15) is 22.3 Å². The minimum absolute atomic E-state index is 0.933. The van der Waals surface area contributed by atoms with Crippen LogP contribution in [0.15, 0.2) is 133 Å². The molecule has 0 radical (unpaired) electrons. The van der Waals surface area contributed by atoms with Crippen molar-refractivity contribution in [3.05, 3.63) is 156 Å². The molecule has 4 nitrogen and oxygen atoms in total. The summed E-state index contributed by atoms with van der Waals surface area (Å²) in [6, 6.07) is 46.2. The summed E-state index contributed by atoms with van der Waals surface area (Å²) >= 11 is 0. The van der Waals surface area contributed by atoms with Crippen LogP contribution in [0.3, 0.4) is 0 Å². The molecule has 5 aromatic rings. The summed E-state index contributed by atoms with van der Waals surface area (Å²) in [5, 5.41) is 0.933. The maximum absolute atomic E-state index is 5.57. The summed E-state index contributed by atoms with van der Waals surface area (Å²) in [6.07, 6.45) is 8.50. The van der Waals surface area contributed by atoms with Crippen LogP contribution in [0, 0.1) is 0 Å². The molecule has 0 saturated heterocycles. The van der Waals surface area contributed by atoms with Crippen LogP contribution in [0.25, 0.3) is 24.3 Å². The van der Waals surface area contributed by atoms with E-state index in [-0.39, 0.29) is 0 Å². The number of rotatable bonds is 11. The van der Waals surface area contributed by atoms with Gasteiger partial charge in [-0.25, -0.2) is 0 Å². The number of hydrogen-bond acceptors (Lipinski definition) is 4. The van der Waals surface area contributed by atoms with E-state index in [2.05, 4.69) is 126 Å². The molecular formula is C37H36NO3P. The van der Waals surface area contributed by atoms with Crippen LogP contribution >= 0.6 is 7.94 Å². The van der Waals surface area contributed by atoms with Crippen molar-refractivity contribution in [3.63, 3.8) is 0 Å². The molecule has 0 amide bonds. The minimum atomic E-state index is -2.81. The Kier molecular flexibility index (Phi) is 9.76. The van der Waals surface area contributed by atoms with Crippen molar-refractivity contribution in [1.29, 1.82) is 0 Å². The van der Waals surface area contributed by atoms with Crippen molar-refractivity contribution >= 4 is 54.6 Å². The molecule has 0 aromatic heterocycles. The Balaban J connectivity index is 1.24. The molecule has 42 heavy (non-hydrogen) atoms. The molecule has 0 atom stereocenters. The normalized spacial score (nSPS) is 12.2. The van der Waals surface area contributed by atoms with E-state index in [4.69, 9.17) is 13.6 Å². The number of para-hydroxylation sites is 2. The quantitative estimate of drug-likeness (QED) is 0.116. The summed E-state index contributed by atoms with van der Waals surface area (Å²) in [5.41, 5.74) is 7.90. The van der Waals surface area contributed by atoms with Crippen LogP contribution in [0.5, 0.6) is 0 Å². The first-order valence-corrected chi connectivity index (χ1v) is 15.6. The fourth-order valence-electron chi connectivity index (χ4n) is 4.84. The number of benzene rings is 5. The van der Waals surface area contributed by atoms with Crippen LogP contribution < -0.4 is 10.2 Å². The zero-order chi connectivity index (χ0) is 29.2. The molecular weight excluding hydrogens is 537 g/mol. The van der Waals surface area contributed by atoms with Crippen LogP contribution in [0.2, 0.25) is 0 Å². The Bertz CT molecular complexity index is 1550. The van der Waals surface area contributed by atoms with Gasteiger partial charge in [-0.1, -0.05) is 48.5 Å². The zero-order valence-electron chi connectivity index (χ0n) is 24.2. The van der Waals surface area contributed by atoms with Crippen molar-refractivity contribution in [2.24, 2.45) is 0 Å². The van der Waals surface area contributed by atoms with Gasteiger partial charge in [0.05, 0.1) is 0 Å². The van der Waals surface area contributed by atoms with E-state index in [1.165, 1.54) is 0 Å². The third kappa shape index (κ3) is 6.94. The molecule has 0 unspecified atom stereocenters. The summed E-state index contributed by atoms with van der Waals surface area (Å²) in [6.45, 7) is 0. The van der Waals surface area contributed by atoms with Gasteiger partial charge in [-0.05, 0) is 42.0 Å². The molecule has 0 aliphatic rings. The van der Waals surface area contributed by atoms with E-state index in [0.29, 0.717) is 0 Å². The second kappa shape index (κ2) is 14.0. The monoisotopic (exact) mass is 573 g/mol. The predicted molar refractivity (Wildman–Crippen MR) is 181 cm³/mol. The van der Waals surface area contributed by atoms with Crippen LogP contribution in [0.4, 0.5) is 17.1 Å². The van der Waals surface area contributed by atoms with Gasteiger partial charge in [0.15, 0.2) is 0 Å². The molecule has 0 fully saturated rings. The van der Waals surface area contributed by atoms with E-state index in [1.54, 1.807) is 21.3 Å². The summed E-state index contributed by atoms with van der Waals surface area (Å²) in [7, 11) is 2.05. The molecule has 0 heterocycles. The fraction of sp³-hybridized carbons (Fsp3) is 0.0811. The van der Waals surface area contributed by atoms with Gasteiger partial charge in [0.25, 0.3) is 0 Å². The molecule has 0 saturated carbocycles. The fourth-order valence-corrected chi connectivity index (χ4v) is 6.62. The first-order valence-electron chi connectivity index (χ1n) is 13.9. The summed E-state index contributed by atoms with van der Waals surface area (Å²) in [5.74, 6) is 0. The molecule has 5 rings (SSSR count). The molecule has 0 spiro atoms. The third-order valence-electron chi connectivity index (χ3n) is 7.12. The molecule has 212 valence electrons. The van der Waals surface area contributed by atoms with Crippen molar-refractivity contribution in [1.82, 2.24) is 0 Å². The Morgan fingerprint density at radius 3 is 1.07 bits per heavy atom. The van der Waals surface area contributed by atoms with Gasteiger partial charge >= 0.3 is 138 Å². The van der Waals surface area contributed by atoms with Crippen molar-refractivity contribution in [3.8, 4) is 0 Å². The Morgan fingerprint density at radius 2 is 0.714 bits per heavy atom. The van der Waals surface area contributed by atoms with Gasteiger partial charge in [-0.15, -0.1) is 0 Å². The first kappa shape index (κ1) is 29.2. The number of nitrogens with zero attached hydrogens (tertiary/aromatic N) is 1. The van der Waals surface area contributed by atoms with Crippen molar-refractivity contribution in [2.45, 2.75) is 0 Å². The SMILES string of the molecule is CO[PH](OC)(OC)c1ccc(/C=C/c2ccc(/C=C/c3ccc(N(c4ccccc4)c4ccccc4)cc3)cc2)cc1.